The highest BCUT2D eigenvalue weighted by atomic mass is 32.1. The standard InChI is InChI=1S/C14H10S3/c15-11-5-1-4-10(12-6-2-8-16-12)14(11)13-7-3-9-17-13/h1-9,15H. The monoisotopic (exact) mass is 274 g/mol. The molecule has 0 nitrogen and oxygen atoms in total. The van der Waals surface area contributed by atoms with E-state index in [9.17, 15) is 0 Å². The predicted molar refractivity (Wildman–Crippen MR) is 80.3 cm³/mol. The Morgan fingerprint density at radius 3 is 2.12 bits per heavy atom. The van der Waals surface area contributed by atoms with Crippen molar-refractivity contribution in [1.29, 1.82) is 0 Å². The second-order valence-electron chi connectivity index (χ2n) is 3.65. The zero-order valence-electron chi connectivity index (χ0n) is 8.96. The Hall–Kier alpha value is -1.03. The fraction of sp³-hybridized carbons (Fsp3) is 0. The first-order chi connectivity index (χ1) is 8.36. The molecule has 0 N–H and O–H groups in total. The molecule has 3 aromatic rings. The number of thiol groups is 1. The van der Waals surface area contributed by atoms with Gasteiger partial charge in [0.2, 0.25) is 0 Å². The van der Waals surface area contributed by atoms with E-state index in [2.05, 4.69) is 65.9 Å². The molecule has 0 bridgehead atoms. The Morgan fingerprint density at radius 2 is 1.47 bits per heavy atom. The van der Waals surface area contributed by atoms with Crippen LogP contribution in [-0.2, 0) is 0 Å². The smallest absolute Gasteiger partial charge is 0.0360 e. The molecule has 0 atom stereocenters. The van der Waals surface area contributed by atoms with Crippen LogP contribution in [0.3, 0.4) is 0 Å². The van der Waals surface area contributed by atoms with Gasteiger partial charge in [0, 0.05) is 25.8 Å². The van der Waals surface area contributed by atoms with Crippen molar-refractivity contribution >= 4 is 35.3 Å². The second-order valence-corrected chi connectivity index (χ2v) is 6.03. The minimum absolute atomic E-state index is 1.04. The van der Waals surface area contributed by atoms with Gasteiger partial charge in [-0.05, 0) is 29.0 Å². The topological polar surface area (TPSA) is 0 Å². The molecule has 17 heavy (non-hydrogen) atoms. The summed E-state index contributed by atoms with van der Waals surface area (Å²) in [5, 5.41) is 4.21. The van der Waals surface area contributed by atoms with Gasteiger partial charge in [-0.1, -0.05) is 24.3 Å². The van der Waals surface area contributed by atoms with Crippen molar-refractivity contribution in [3.63, 3.8) is 0 Å². The lowest BCUT2D eigenvalue weighted by Crippen LogP contribution is -1.82. The van der Waals surface area contributed by atoms with Crippen LogP contribution >= 0.6 is 35.3 Å². The van der Waals surface area contributed by atoms with E-state index in [4.69, 9.17) is 0 Å². The summed E-state index contributed by atoms with van der Waals surface area (Å²) in [6.07, 6.45) is 0. The average molecular weight is 274 g/mol. The highest BCUT2D eigenvalue weighted by Crippen LogP contribution is 2.40. The van der Waals surface area contributed by atoms with Crippen LogP contribution in [0.2, 0.25) is 0 Å². The molecule has 3 rings (SSSR count). The first-order valence-corrected chi connectivity index (χ1v) is 7.46. The maximum atomic E-state index is 4.60. The fourth-order valence-corrected chi connectivity index (χ4v) is 3.82. The molecule has 0 aliphatic carbocycles. The van der Waals surface area contributed by atoms with E-state index >= 15 is 0 Å². The minimum Gasteiger partial charge on any atom is -0.144 e. The Morgan fingerprint density at radius 1 is 0.765 bits per heavy atom. The SMILES string of the molecule is Sc1cccc(-c2cccs2)c1-c1cccs1. The maximum absolute atomic E-state index is 4.60. The summed E-state index contributed by atoms with van der Waals surface area (Å²) in [4.78, 5) is 3.61. The predicted octanol–water partition coefficient (Wildman–Crippen LogP) is 5.43. The molecular weight excluding hydrogens is 264 g/mol. The molecule has 1 aromatic carbocycles. The van der Waals surface area contributed by atoms with Gasteiger partial charge in [-0.25, -0.2) is 0 Å². The van der Waals surface area contributed by atoms with Gasteiger partial charge in [0.15, 0.2) is 0 Å². The fourth-order valence-electron chi connectivity index (χ4n) is 1.86. The molecular formula is C14H10S3. The third kappa shape index (κ3) is 2.06. The minimum atomic E-state index is 1.04. The quantitative estimate of drug-likeness (QED) is 0.592. The Labute approximate surface area is 114 Å². The molecule has 0 unspecified atom stereocenters. The van der Waals surface area contributed by atoms with Crippen molar-refractivity contribution in [2.75, 3.05) is 0 Å². The van der Waals surface area contributed by atoms with Gasteiger partial charge in [-0.2, -0.15) is 0 Å². The van der Waals surface area contributed by atoms with Crippen LogP contribution < -0.4 is 0 Å². The Balaban J connectivity index is 2.26. The van der Waals surface area contributed by atoms with E-state index in [1.807, 2.05) is 0 Å². The van der Waals surface area contributed by atoms with Crippen LogP contribution in [0.25, 0.3) is 20.9 Å². The van der Waals surface area contributed by atoms with Crippen LogP contribution in [0.5, 0.6) is 0 Å². The summed E-state index contributed by atoms with van der Waals surface area (Å²) < 4.78 is 0. The zero-order chi connectivity index (χ0) is 11.7. The molecule has 0 amide bonds. The van der Waals surface area contributed by atoms with Crippen LogP contribution in [0, 0.1) is 0 Å². The molecule has 2 aromatic heterocycles. The molecule has 0 aliphatic rings. The van der Waals surface area contributed by atoms with Crippen molar-refractivity contribution in [2.45, 2.75) is 4.90 Å². The van der Waals surface area contributed by atoms with Crippen LogP contribution in [-0.4, -0.2) is 0 Å². The summed E-state index contributed by atoms with van der Waals surface area (Å²) in [5.41, 5.74) is 2.52. The van der Waals surface area contributed by atoms with Crippen molar-refractivity contribution in [3.05, 3.63) is 53.2 Å². The van der Waals surface area contributed by atoms with Gasteiger partial charge in [-0.3, -0.25) is 0 Å². The summed E-state index contributed by atoms with van der Waals surface area (Å²) in [6.45, 7) is 0. The van der Waals surface area contributed by atoms with Gasteiger partial charge < -0.3 is 0 Å². The zero-order valence-corrected chi connectivity index (χ0v) is 11.5. The average Bonchev–Trinajstić information content (AvgIpc) is 3.02. The lowest BCUT2D eigenvalue weighted by molar-refractivity contribution is 1.48. The molecule has 0 spiro atoms. The van der Waals surface area contributed by atoms with E-state index in [1.165, 1.54) is 20.9 Å². The Bertz CT molecular complexity index is 607. The van der Waals surface area contributed by atoms with Gasteiger partial charge in [-0.15, -0.1) is 35.3 Å². The molecule has 0 saturated heterocycles. The van der Waals surface area contributed by atoms with E-state index in [-0.39, 0.29) is 0 Å². The molecule has 0 saturated carbocycles. The number of rotatable bonds is 2. The number of benzene rings is 1. The van der Waals surface area contributed by atoms with Gasteiger partial charge in [0.1, 0.15) is 0 Å². The van der Waals surface area contributed by atoms with Crippen LogP contribution in [0.15, 0.2) is 58.1 Å². The molecule has 84 valence electrons. The number of thiophene rings is 2. The normalized spacial score (nSPS) is 10.6. The number of hydrogen-bond donors (Lipinski definition) is 1. The van der Waals surface area contributed by atoms with Crippen molar-refractivity contribution < 1.29 is 0 Å². The van der Waals surface area contributed by atoms with Gasteiger partial charge in [0.05, 0.1) is 0 Å². The lowest BCUT2D eigenvalue weighted by Gasteiger charge is -2.09. The van der Waals surface area contributed by atoms with Gasteiger partial charge >= 0.3 is 0 Å². The van der Waals surface area contributed by atoms with Gasteiger partial charge in [0.25, 0.3) is 0 Å². The molecule has 0 radical (unpaired) electrons. The highest BCUT2D eigenvalue weighted by molar-refractivity contribution is 7.80. The van der Waals surface area contributed by atoms with Crippen LogP contribution in [0.1, 0.15) is 0 Å². The van der Waals surface area contributed by atoms with E-state index in [0.717, 1.165) is 4.90 Å². The third-order valence-corrected chi connectivity index (χ3v) is 4.76. The third-order valence-electron chi connectivity index (χ3n) is 2.60. The molecule has 0 fully saturated rings. The van der Waals surface area contributed by atoms with Crippen molar-refractivity contribution in [1.82, 2.24) is 0 Å². The molecule has 0 aliphatic heterocycles. The van der Waals surface area contributed by atoms with E-state index in [1.54, 1.807) is 22.7 Å². The largest absolute Gasteiger partial charge is 0.144 e. The summed E-state index contributed by atoms with van der Waals surface area (Å²) in [6, 6.07) is 14.8. The number of hydrogen-bond acceptors (Lipinski definition) is 3. The van der Waals surface area contributed by atoms with E-state index in [0.29, 0.717) is 0 Å². The Kier molecular flexibility index (Phi) is 3.05. The molecule has 3 heteroatoms. The second kappa shape index (κ2) is 4.69. The summed E-state index contributed by atoms with van der Waals surface area (Å²) in [7, 11) is 0. The summed E-state index contributed by atoms with van der Waals surface area (Å²) in [5.74, 6) is 0. The first-order valence-electron chi connectivity index (χ1n) is 5.26. The molecule has 2 heterocycles. The van der Waals surface area contributed by atoms with Crippen LogP contribution in [0.4, 0.5) is 0 Å². The van der Waals surface area contributed by atoms with Crippen molar-refractivity contribution in [2.24, 2.45) is 0 Å². The van der Waals surface area contributed by atoms with Crippen molar-refractivity contribution in [3.8, 4) is 20.9 Å². The summed E-state index contributed by atoms with van der Waals surface area (Å²) >= 11 is 8.12. The highest BCUT2D eigenvalue weighted by Gasteiger charge is 2.11. The van der Waals surface area contributed by atoms with E-state index < -0.39 is 0 Å². The maximum Gasteiger partial charge on any atom is 0.0360 e. The first kappa shape index (κ1) is 11.1. The lowest BCUT2D eigenvalue weighted by atomic mass is 10.0.